The number of nitrogens with one attached hydrogen (secondary N) is 1. The summed E-state index contributed by atoms with van der Waals surface area (Å²) in [5, 5.41) is 3.93. The summed E-state index contributed by atoms with van der Waals surface area (Å²) in [6.07, 6.45) is 3.10. The van der Waals surface area contributed by atoms with Crippen molar-refractivity contribution in [2.75, 3.05) is 25.3 Å². The molecule has 0 atom stereocenters. The van der Waals surface area contributed by atoms with Gasteiger partial charge < -0.3 is 20.5 Å². The lowest BCUT2D eigenvalue weighted by atomic mass is 10.2. The highest BCUT2D eigenvalue weighted by Crippen LogP contribution is 2.30. The zero-order valence-corrected chi connectivity index (χ0v) is 21.9. The van der Waals surface area contributed by atoms with Crippen molar-refractivity contribution >= 4 is 52.0 Å². The van der Waals surface area contributed by atoms with E-state index in [1.165, 1.54) is 6.20 Å². The number of anilines is 3. The van der Waals surface area contributed by atoms with Gasteiger partial charge in [0.05, 0.1) is 25.6 Å². The Labute approximate surface area is 219 Å². The van der Waals surface area contributed by atoms with E-state index in [0.717, 1.165) is 34.0 Å². The smallest absolute Gasteiger partial charge is 0.224 e. The highest BCUT2D eigenvalue weighted by Gasteiger charge is 2.07. The monoisotopic (exact) mass is 534 g/mol. The van der Waals surface area contributed by atoms with Crippen LogP contribution in [0.2, 0.25) is 15.7 Å². The van der Waals surface area contributed by atoms with Gasteiger partial charge in [0.1, 0.15) is 22.5 Å². The Balaban J connectivity index is 0.000000204. The minimum absolute atomic E-state index is 0.178. The molecule has 0 unspecified atom stereocenters. The standard InChI is InChI=1S/C12H12ClN3O.C8H11NO.C4H2Cl2N2/c1-8-4-3-5-9(17-2)11(8)15-10-6-7-14-12(13)16-10;1-6-4-3-5-7(10-2)8(6)9;5-3-1-2-7-4(6)8-3/h3-7H,1-2H3,(H,14,15,16);3-5H,9H2,1-2H3;1-2H. The van der Waals surface area contributed by atoms with E-state index >= 15 is 0 Å². The van der Waals surface area contributed by atoms with Gasteiger partial charge in [0, 0.05) is 12.4 Å². The summed E-state index contributed by atoms with van der Waals surface area (Å²) < 4.78 is 10.3. The van der Waals surface area contributed by atoms with Crippen molar-refractivity contribution < 1.29 is 9.47 Å². The molecule has 2 aromatic heterocycles. The van der Waals surface area contributed by atoms with Crippen LogP contribution in [0.25, 0.3) is 0 Å². The van der Waals surface area contributed by atoms with Crippen LogP contribution in [0.1, 0.15) is 11.1 Å². The van der Waals surface area contributed by atoms with Crippen molar-refractivity contribution in [3.8, 4) is 11.5 Å². The van der Waals surface area contributed by atoms with Gasteiger partial charge in [-0.05, 0) is 72.4 Å². The molecule has 35 heavy (non-hydrogen) atoms. The molecule has 184 valence electrons. The Morgan fingerprint density at radius 1 is 0.743 bits per heavy atom. The largest absolute Gasteiger partial charge is 0.495 e. The summed E-state index contributed by atoms with van der Waals surface area (Å²) >= 11 is 16.5. The Hall–Kier alpha value is -3.33. The van der Waals surface area contributed by atoms with Gasteiger partial charge in [-0.25, -0.2) is 19.9 Å². The number of benzene rings is 2. The van der Waals surface area contributed by atoms with Crippen molar-refractivity contribution in [2.24, 2.45) is 0 Å². The highest BCUT2D eigenvalue weighted by molar-refractivity contribution is 6.31. The van der Waals surface area contributed by atoms with E-state index in [0.29, 0.717) is 11.0 Å². The van der Waals surface area contributed by atoms with E-state index in [-0.39, 0.29) is 10.6 Å². The lowest BCUT2D eigenvalue weighted by Gasteiger charge is -2.12. The number of rotatable bonds is 4. The van der Waals surface area contributed by atoms with Crippen molar-refractivity contribution in [1.82, 2.24) is 19.9 Å². The van der Waals surface area contributed by atoms with Crippen LogP contribution >= 0.6 is 34.8 Å². The molecule has 0 saturated carbocycles. The quantitative estimate of drug-likeness (QED) is 0.172. The van der Waals surface area contributed by atoms with E-state index in [1.807, 2.05) is 50.2 Å². The third kappa shape index (κ3) is 9.09. The lowest BCUT2D eigenvalue weighted by Crippen LogP contribution is -1.99. The van der Waals surface area contributed by atoms with Gasteiger partial charge >= 0.3 is 0 Å². The molecule has 0 bridgehead atoms. The number of para-hydroxylation sites is 2. The zero-order chi connectivity index (χ0) is 25.8. The van der Waals surface area contributed by atoms with Crippen LogP contribution in [0, 0.1) is 13.8 Å². The number of hydrogen-bond donors (Lipinski definition) is 2. The number of aryl methyl sites for hydroxylation is 2. The van der Waals surface area contributed by atoms with Crippen molar-refractivity contribution in [2.45, 2.75) is 13.8 Å². The Kier molecular flexibility index (Phi) is 11.3. The molecular weight excluding hydrogens is 511 g/mol. The number of aromatic nitrogens is 4. The van der Waals surface area contributed by atoms with Gasteiger partial charge in [-0.2, -0.15) is 0 Å². The predicted molar refractivity (Wildman–Crippen MR) is 142 cm³/mol. The minimum atomic E-state index is 0.178. The summed E-state index contributed by atoms with van der Waals surface area (Å²) in [4.78, 5) is 15.1. The Bertz CT molecular complexity index is 1230. The molecule has 2 heterocycles. The molecule has 0 fully saturated rings. The molecule has 11 heteroatoms. The van der Waals surface area contributed by atoms with Crippen LogP contribution in [0.3, 0.4) is 0 Å². The number of nitrogen functional groups attached to an aromatic ring is 1. The molecule has 4 rings (SSSR count). The first kappa shape index (κ1) is 27.9. The fraction of sp³-hybridized carbons (Fsp3) is 0.167. The Morgan fingerprint density at radius 2 is 1.31 bits per heavy atom. The van der Waals surface area contributed by atoms with Crippen molar-refractivity contribution in [1.29, 1.82) is 0 Å². The molecular formula is C24H25Cl3N6O2. The molecule has 3 N–H and O–H groups in total. The minimum Gasteiger partial charge on any atom is -0.495 e. The Morgan fingerprint density at radius 3 is 1.83 bits per heavy atom. The maximum atomic E-state index is 5.73. The van der Waals surface area contributed by atoms with Crippen LogP contribution < -0.4 is 20.5 Å². The van der Waals surface area contributed by atoms with Crippen molar-refractivity contribution in [3.63, 3.8) is 0 Å². The second kappa shape index (κ2) is 14.2. The van der Waals surface area contributed by atoms with Gasteiger partial charge in [-0.15, -0.1) is 0 Å². The van der Waals surface area contributed by atoms with Crippen LogP contribution in [0.15, 0.2) is 60.9 Å². The number of nitrogens with zero attached hydrogens (tertiary/aromatic N) is 4. The van der Waals surface area contributed by atoms with Crippen LogP contribution in [-0.4, -0.2) is 34.2 Å². The van der Waals surface area contributed by atoms with Crippen LogP contribution in [0.5, 0.6) is 11.5 Å². The average molecular weight is 536 g/mol. The highest BCUT2D eigenvalue weighted by atomic mass is 35.5. The number of methoxy groups -OCH3 is 2. The second-order valence-electron chi connectivity index (χ2n) is 6.83. The van der Waals surface area contributed by atoms with Crippen LogP contribution in [0.4, 0.5) is 17.2 Å². The van der Waals surface area contributed by atoms with E-state index in [1.54, 1.807) is 32.5 Å². The van der Waals surface area contributed by atoms with Gasteiger partial charge in [-0.3, -0.25) is 0 Å². The number of ether oxygens (including phenoxy) is 2. The lowest BCUT2D eigenvalue weighted by molar-refractivity contribution is 0.416. The molecule has 0 aliphatic carbocycles. The SMILES string of the molecule is COc1cccc(C)c1N.COc1cccc(C)c1Nc1ccnc(Cl)n1.Clc1ccnc(Cl)n1. The maximum absolute atomic E-state index is 5.73. The summed E-state index contributed by atoms with van der Waals surface area (Å²) in [6, 6.07) is 14.9. The molecule has 0 spiro atoms. The first-order chi connectivity index (χ1) is 16.7. The van der Waals surface area contributed by atoms with Crippen LogP contribution in [-0.2, 0) is 0 Å². The van der Waals surface area contributed by atoms with E-state index in [9.17, 15) is 0 Å². The van der Waals surface area contributed by atoms with E-state index in [2.05, 4.69) is 25.3 Å². The zero-order valence-electron chi connectivity index (χ0n) is 19.6. The molecule has 4 aromatic rings. The van der Waals surface area contributed by atoms with E-state index in [4.69, 9.17) is 50.0 Å². The molecule has 0 radical (unpaired) electrons. The third-order valence-corrected chi connectivity index (χ3v) is 5.00. The van der Waals surface area contributed by atoms with Gasteiger partial charge in [0.2, 0.25) is 10.6 Å². The molecule has 0 aliphatic heterocycles. The molecule has 0 amide bonds. The normalized spacial score (nSPS) is 9.69. The number of halogens is 3. The fourth-order valence-electron chi connectivity index (χ4n) is 2.65. The summed E-state index contributed by atoms with van der Waals surface area (Å²) in [7, 11) is 3.25. The van der Waals surface area contributed by atoms with Gasteiger partial charge in [0.15, 0.2) is 0 Å². The number of hydrogen-bond acceptors (Lipinski definition) is 8. The molecule has 0 aliphatic rings. The first-order valence-corrected chi connectivity index (χ1v) is 11.3. The first-order valence-electron chi connectivity index (χ1n) is 10.2. The summed E-state index contributed by atoms with van der Waals surface area (Å²) in [5.41, 5.74) is 9.40. The molecule has 8 nitrogen and oxygen atoms in total. The maximum Gasteiger partial charge on any atom is 0.224 e. The predicted octanol–water partition coefficient (Wildman–Crippen LogP) is 6.56. The average Bonchev–Trinajstić information content (AvgIpc) is 2.83. The van der Waals surface area contributed by atoms with Gasteiger partial charge in [-0.1, -0.05) is 35.9 Å². The van der Waals surface area contributed by atoms with E-state index < -0.39 is 0 Å². The molecule has 2 aromatic carbocycles. The second-order valence-corrected chi connectivity index (χ2v) is 7.89. The molecule has 0 saturated heterocycles. The third-order valence-electron chi connectivity index (χ3n) is 4.43. The summed E-state index contributed by atoms with van der Waals surface area (Å²) in [5.74, 6) is 2.15. The van der Waals surface area contributed by atoms with Gasteiger partial charge in [0.25, 0.3) is 0 Å². The van der Waals surface area contributed by atoms with Crippen molar-refractivity contribution in [3.05, 3.63) is 87.8 Å². The fourth-order valence-corrected chi connectivity index (χ4v) is 3.12. The number of nitrogens with two attached hydrogens (primary N) is 1. The summed E-state index contributed by atoms with van der Waals surface area (Å²) in [6.45, 7) is 3.95. The topological polar surface area (TPSA) is 108 Å².